The number of ether oxygens (including phenoxy) is 1. The van der Waals surface area contributed by atoms with E-state index in [9.17, 15) is 15.0 Å². The zero-order chi connectivity index (χ0) is 16.0. The molecule has 1 aromatic heterocycles. The van der Waals surface area contributed by atoms with Gasteiger partial charge in [-0.25, -0.2) is 4.68 Å². The Kier molecular flexibility index (Phi) is 3.19. The SMILES string of the molecule is O=C(c1c(O)cccc1O)N1CC[C@@H]2OCc3cnnn3[C@H]2C1. The molecule has 0 unspecified atom stereocenters. The second-order valence-electron chi connectivity index (χ2n) is 5.80. The highest BCUT2D eigenvalue weighted by atomic mass is 16.5. The van der Waals surface area contributed by atoms with Crippen molar-refractivity contribution in [3.63, 3.8) is 0 Å². The standard InChI is InChI=1S/C15H16N4O4/c20-11-2-1-3-12(21)14(11)15(22)18-5-4-13-10(7-18)19-9(8-23-13)6-16-17-19/h1-3,6,10,13,20-21H,4-5,7-8H2/t10-,13-/m0/s1. The fourth-order valence-electron chi connectivity index (χ4n) is 3.27. The molecule has 1 saturated heterocycles. The predicted molar refractivity (Wildman–Crippen MR) is 77.9 cm³/mol. The number of amides is 1. The topological polar surface area (TPSA) is 101 Å². The number of hydrogen-bond acceptors (Lipinski definition) is 6. The number of phenols is 2. The molecule has 8 heteroatoms. The molecule has 0 aliphatic carbocycles. The average molecular weight is 316 g/mol. The number of rotatable bonds is 1. The lowest BCUT2D eigenvalue weighted by molar-refractivity contribution is -0.0605. The van der Waals surface area contributed by atoms with E-state index in [-0.39, 0.29) is 29.2 Å². The molecule has 23 heavy (non-hydrogen) atoms. The van der Waals surface area contributed by atoms with Crippen molar-refractivity contribution in [2.75, 3.05) is 13.1 Å². The van der Waals surface area contributed by atoms with E-state index in [1.54, 1.807) is 15.8 Å². The first-order chi connectivity index (χ1) is 11.1. The summed E-state index contributed by atoms with van der Waals surface area (Å²) in [6, 6.07) is 4.16. The number of carbonyl (C=O) groups excluding carboxylic acids is 1. The Morgan fingerprint density at radius 2 is 2.09 bits per heavy atom. The zero-order valence-electron chi connectivity index (χ0n) is 12.3. The van der Waals surface area contributed by atoms with Gasteiger partial charge in [0.1, 0.15) is 17.1 Å². The number of nitrogens with zero attached hydrogens (tertiary/aromatic N) is 4. The molecule has 0 saturated carbocycles. The molecule has 0 bridgehead atoms. The van der Waals surface area contributed by atoms with Crippen LogP contribution in [0.1, 0.15) is 28.5 Å². The van der Waals surface area contributed by atoms with E-state index in [1.165, 1.54) is 18.2 Å². The molecule has 3 heterocycles. The molecule has 2 aliphatic heterocycles. The van der Waals surface area contributed by atoms with Crippen LogP contribution in [0.5, 0.6) is 11.5 Å². The number of piperidine rings is 1. The molecule has 0 radical (unpaired) electrons. The lowest BCUT2D eigenvalue weighted by atomic mass is 9.99. The maximum absolute atomic E-state index is 12.7. The summed E-state index contributed by atoms with van der Waals surface area (Å²) in [4.78, 5) is 14.3. The second-order valence-corrected chi connectivity index (χ2v) is 5.80. The van der Waals surface area contributed by atoms with Gasteiger partial charge in [0, 0.05) is 13.1 Å². The van der Waals surface area contributed by atoms with Crippen molar-refractivity contribution in [1.29, 1.82) is 0 Å². The smallest absolute Gasteiger partial charge is 0.261 e. The minimum absolute atomic E-state index is 0.00813. The van der Waals surface area contributed by atoms with Crippen LogP contribution in [-0.2, 0) is 11.3 Å². The monoisotopic (exact) mass is 316 g/mol. The summed E-state index contributed by atoms with van der Waals surface area (Å²) >= 11 is 0. The first-order valence-corrected chi connectivity index (χ1v) is 7.46. The molecule has 2 aliphatic rings. The van der Waals surface area contributed by atoms with Crippen molar-refractivity contribution in [2.24, 2.45) is 0 Å². The molecule has 8 nitrogen and oxygen atoms in total. The van der Waals surface area contributed by atoms with Crippen LogP contribution in [0.25, 0.3) is 0 Å². The van der Waals surface area contributed by atoms with Gasteiger partial charge >= 0.3 is 0 Å². The first kappa shape index (κ1) is 14.0. The van der Waals surface area contributed by atoms with Gasteiger partial charge in [-0.1, -0.05) is 11.3 Å². The van der Waals surface area contributed by atoms with E-state index in [0.29, 0.717) is 26.1 Å². The minimum Gasteiger partial charge on any atom is -0.507 e. The molecular formula is C15H16N4O4. The summed E-state index contributed by atoms with van der Waals surface area (Å²) < 4.78 is 7.61. The van der Waals surface area contributed by atoms with Gasteiger partial charge < -0.3 is 19.8 Å². The summed E-state index contributed by atoms with van der Waals surface area (Å²) in [5.74, 6) is -0.844. The number of carbonyl (C=O) groups is 1. The highest BCUT2D eigenvalue weighted by Crippen LogP contribution is 2.33. The molecular weight excluding hydrogens is 300 g/mol. The number of aromatic nitrogens is 3. The third kappa shape index (κ3) is 2.22. The highest BCUT2D eigenvalue weighted by Gasteiger charge is 2.38. The summed E-state index contributed by atoms with van der Waals surface area (Å²) in [5, 5.41) is 27.8. The molecule has 4 rings (SSSR count). The number of hydrogen-bond donors (Lipinski definition) is 2. The van der Waals surface area contributed by atoms with Crippen LogP contribution in [-0.4, -0.2) is 55.2 Å². The minimum atomic E-state index is -0.397. The van der Waals surface area contributed by atoms with Crippen molar-refractivity contribution in [1.82, 2.24) is 19.9 Å². The number of benzene rings is 1. The Morgan fingerprint density at radius 1 is 1.30 bits per heavy atom. The summed E-state index contributed by atoms with van der Waals surface area (Å²) in [6.45, 7) is 1.37. The quantitative estimate of drug-likeness (QED) is 0.802. The van der Waals surface area contributed by atoms with E-state index in [0.717, 1.165) is 5.69 Å². The molecule has 0 spiro atoms. The molecule has 2 N–H and O–H groups in total. The van der Waals surface area contributed by atoms with Gasteiger partial charge in [-0.15, -0.1) is 5.10 Å². The lowest BCUT2D eigenvalue weighted by Gasteiger charge is -2.41. The van der Waals surface area contributed by atoms with Crippen LogP contribution in [0.15, 0.2) is 24.4 Å². The third-order valence-corrected chi connectivity index (χ3v) is 4.45. The van der Waals surface area contributed by atoms with E-state index < -0.39 is 5.91 Å². The largest absolute Gasteiger partial charge is 0.507 e. The fraction of sp³-hybridized carbons (Fsp3) is 0.400. The Hall–Kier alpha value is -2.61. The van der Waals surface area contributed by atoms with Crippen LogP contribution < -0.4 is 0 Å². The van der Waals surface area contributed by atoms with Crippen LogP contribution in [0.3, 0.4) is 0 Å². The van der Waals surface area contributed by atoms with E-state index >= 15 is 0 Å². The predicted octanol–water partition coefficient (Wildman–Crippen LogP) is 0.675. The second kappa shape index (κ2) is 5.24. The number of phenolic OH excluding ortho intramolecular Hbond substituents is 2. The van der Waals surface area contributed by atoms with Gasteiger partial charge in [-0.05, 0) is 18.6 Å². The van der Waals surface area contributed by atoms with E-state index in [4.69, 9.17) is 4.74 Å². The van der Waals surface area contributed by atoms with Crippen LogP contribution in [0.2, 0.25) is 0 Å². The molecule has 120 valence electrons. The maximum atomic E-state index is 12.7. The van der Waals surface area contributed by atoms with Crippen molar-refractivity contribution >= 4 is 5.91 Å². The first-order valence-electron chi connectivity index (χ1n) is 7.46. The van der Waals surface area contributed by atoms with Gasteiger partial charge in [0.15, 0.2) is 0 Å². The van der Waals surface area contributed by atoms with Crippen molar-refractivity contribution in [3.05, 3.63) is 35.7 Å². The van der Waals surface area contributed by atoms with E-state index in [1.807, 2.05) is 0 Å². The Morgan fingerprint density at radius 3 is 2.87 bits per heavy atom. The van der Waals surface area contributed by atoms with Gasteiger partial charge in [0.2, 0.25) is 0 Å². The number of fused-ring (bicyclic) bond motifs is 3. The average Bonchev–Trinajstić information content (AvgIpc) is 3.03. The maximum Gasteiger partial charge on any atom is 0.261 e. The van der Waals surface area contributed by atoms with Crippen LogP contribution in [0, 0.1) is 0 Å². The number of aromatic hydroxyl groups is 2. The van der Waals surface area contributed by atoms with Gasteiger partial charge in [-0.3, -0.25) is 4.79 Å². The van der Waals surface area contributed by atoms with Gasteiger partial charge in [-0.2, -0.15) is 0 Å². The normalized spacial score (nSPS) is 23.2. The third-order valence-electron chi connectivity index (χ3n) is 4.45. The molecule has 2 atom stereocenters. The molecule has 1 amide bonds. The van der Waals surface area contributed by atoms with E-state index in [2.05, 4.69) is 10.3 Å². The van der Waals surface area contributed by atoms with Crippen molar-refractivity contribution in [3.8, 4) is 11.5 Å². The number of likely N-dealkylation sites (tertiary alicyclic amines) is 1. The van der Waals surface area contributed by atoms with Crippen molar-refractivity contribution in [2.45, 2.75) is 25.2 Å². The lowest BCUT2D eigenvalue weighted by Crippen LogP contribution is -2.49. The summed E-state index contributed by atoms with van der Waals surface area (Å²) in [5.41, 5.74) is 0.812. The van der Waals surface area contributed by atoms with Crippen molar-refractivity contribution < 1.29 is 19.7 Å². The van der Waals surface area contributed by atoms with Gasteiger partial charge in [0.25, 0.3) is 5.91 Å². The Labute approximate surface area is 131 Å². The Bertz CT molecular complexity index is 739. The summed E-state index contributed by atoms with van der Waals surface area (Å²) in [7, 11) is 0. The molecule has 2 aromatic rings. The van der Waals surface area contributed by atoms with Crippen LogP contribution >= 0.6 is 0 Å². The fourth-order valence-corrected chi connectivity index (χ4v) is 3.27. The van der Waals surface area contributed by atoms with Crippen LogP contribution in [0.4, 0.5) is 0 Å². The zero-order valence-corrected chi connectivity index (χ0v) is 12.3. The molecule has 1 aromatic carbocycles. The molecule has 1 fully saturated rings. The van der Waals surface area contributed by atoms with Gasteiger partial charge in [0.05, 0.1) is 30.6 Å². The highest BCUT2D eigenvalue weighted by molar-refractivity contribution is 5.99. The Balaban J connectivity index is 1.62. The summed E-state index contributed by atoms with van der Waals surface area (Å²) in [6.07, 6.45) is 2.32.